The van der Waals surface area contributed by atoms with Crippen LogP contribution in [-0.2, 0) is 9.53 Å². The van der Waals surface area contributed by atoms with Crippen LogP contribution in [-0.4, -0.2) is 46.2 Å². The van der Waals surface area contributed by atoms with Crippen LogP contribution in [0.4, 0.5) is 0 Å². The van der Waals surface area contributed by atoms with Gasteiger partial charge in [-0.05, 0) is 13.3 Å². The van der Waals surface area contributed by atoms with Gasteiger partial charge in [-0.3, -0.25) is 4.79 Å². The van der Waals surface area contributed by atoms with Gasteiger partial charge in [-0.25, -0.2) is 0 Å². The lowest BCUT2D eigenvalue weighted by molar-refractivity contribution is -0.149. The van der Waals surface area contributed by atoms with Gasteiger partial charge in [0.15, 0.2) is 0 Å². The van der Waals surface area contributed by atoms with E-state index in [0.29, 0.717) is 6.42 Å². The van der Waals surface area contributed by atoms with Gasteiger partial charge < -0.3 is 20.1 Å². The smallest absolute Gasteiger partial charge is 0.312 e. The van der Waals surface area contributed by atoms with E-state index in [0.717, 1.165) is 0 Å². The van der Waals surface area contributed by atoms with Crippen LogP contribution in [0.3, 0.4) is 0 Å². The predicted octanol–water partition coefficient (Wildman–Crippen LogP) is -1.35. The first-order valence-corrected chi connectivity index (χ1v) is 4.23. The molecule has 4 unspecified atom stereocenters. The topological polar surface area (TPSA) is 87.0 Å². The summed E-state index contributed by atoms with van der Waals surface area (Å²) in [4.78, 5) is 11.1. The average molecular weight is 190 g/mol. The number of aliphatic hydroxyl groups is 3. The van der Waals surface area contributed by atoms with Crippen LogP contribution in [0.1, 0.15) is 13.3 Å². The highest BCUT2D eigenvalue weighted by atomic mass is 16.6. The fourth-order valence-electron chi connectivity index (χ4n) is 1.44. The van der Waals surface area contributed by atoms with E-state index in [1.165, 1.54) is 0 Å². The predicted molar refractivity (Wildman–Crippen MR) is 42.8 cm³/mol. The molecule has 76 valence electrons. The fraction of sp³-hybridized carbons (Fsp3) is 0.875. The highest BCUT2D eigenvalue weighted by molar-refractivity contribution is 5.75. The fourth-order valence-corrected chi connectivity index (χ4v) is 1.44. The van der Waals surface area contributed by atoms with Crippen molar-refractivity contribution in [3.05, 3.63) is 0 Å². The number of cyclic esters (lactones) is 1. The van der Waals surface area contributed by atoms with Crippen LogP contribution >= 0.6 is 0 Å². The van der Waals surface area contributed by atoms with E-state index in [1.807, 2.05) is 0 Å². The van der Waals surface area contributed by atoms with Crippen molar-refractivity contribution in [1.82, 2.24) is 0 Å². The van der Waals surface area contributed by atoms with Crippen molar-refractivity contribution in [2.75, 3.05) is 6.61 Å². The molecular weight excluding hydrogens is 176 g/mol. The van der Waals surface area contributed by atoms with Crippen molar-refractivity contribution in [2.24, 2.45) is 5.92 Å². The Bertz CT molecular complexity index is 193. The Morgan fingerprint density at radius 3 is 2.62 bits per heavy atom. The zero-order valence-electron chi connectivity index (χ0n) is 7.38. The molecule has 0 saturated carbocycles. The van der Waals surface area contributed by atoms with Gasteiger partial charge in [-0.1, -0.05) is 0 Å². The van der Waals surface area contributed by atoms with Crippen molar-refractivity contribution in [2.45, 2.75) is 31.7 Å². The molecule has 1 heterocycles. The zero-order valence-corrected chi connectivity index (χ0v) is 7.38. The molecule has 0 aromatic carbocycles. The summed E-state index contributed by atoms with van der Waals surface area (Å²) in [5.41, 5.74) is 0. The van der Waals surface area contributed by atoms with E-state index in [1.54, 1.807) is 6.92 Å². The van der Waals surface area contributed by atoms with Crippen molar-refractivity contribution in [3.8, 4) is 0 Å². The third kappa shape index (κ3) is 2.18. The molecule has 1 aliphatic rings. The Labute approximate surface area is 75.9 Å². The number of ether oxygens (including phenoxy) is 1. The Morgan fingerprint density at radius 1 is 1.62 bits per heavy atom. The summed E-state index contributed by atoms with van der Waals surface area (Å²) in [5, 5.41) is 27.0. The Morgan fingerprint density at radius 2 is 2.23 bits per heavy atom. The second-order valence-electron chi connectivity index (χ2n) is 3.33. The number of carbonyl (C=O) groups is 1. The zero-order chi connectivity index (χ0) is 10.0. The molecule has 4 atom stereocenters. The molecule has 0 radical (unpaired) electrons. The van der Waals surface area contributed by atoms with Crippen molar-refractivity contribution in [1.29, 1.82) is 0 Å². The maximum Gasteiger partial charge on any atom is 0.312 e. The summed E-state index contributed by atoms with van der Waals surface area (Å²) in [6, 6.07) is 0. The van der Waals surface area contributed by atoms with Crippen LogP contribution < -0.4 is 0 Å². The molecule has 1 aliphatic heterocycles. The highest BCUT2D eigenvalue weighted by Crippen LogP contribution is 2.25. The van der Waals surface area contributed by atoms with E-state index in [2.05, 4.69) is 0 Å². The Hall–Kier alpha value is -0.650. The number of carbonyl (C=O) groups excluding carboxylic acids is 1. The lowest BCUT2D eigenvalue weighted by Crippen LogP contribution is -2.38. The number of aliphatic hydroxyl groups excluding tert-OH is 3. The van der Waals surface area contributed by atoms with Gasteiger partial charge >= 0.3 is 5.97 Å². The summed E-state index contributed by atoms with van der Waals surface area (Å²) in [6.07, 6.45) is -2.35. The molecule has 13 heavy (non-hydrogen) atoms. The standard InChI is InChI=1S/C8H14O5/c1-4-2-5(8(12)13-4)7(11)6(10)3-9/h4-7,9-11H,2-3H2,1H3. The molecule has 1 rings (SSSR count). The molecule has 1 saturated heterocycles. The van der Waals surface area contributed by atoms with E-state index < -0.39 is 30.7 Å². The second-order valence-corrected chi connectivity index (χ2v) is 3.33. The van der Waals surface area contributed by atoms with E-state index in [4.69, 9.17) is 14.9 Å². The number of rotatable bonds is 3. The molecule has 0 spiro atoms. The largest absolute Gasteiger partial charge is 0.462 e. The normalized spacial score (nSPS) is 32.8. The average Bonchev–Trinajstić information content (AvgIpc) is 2.42. The van der Waals surface area contributed by atoms with Gasteiger partial charge in [0.2, 0.25) is 0 Å². The van der Waals surface area contributed by atoms with E-state index in [9.17, 15) is 9.90 Å². The minimum atomic E-state index is -1.28. The maximum absolute atomic E-state index is 11.1. The lowest BCUT2D eigenvalue weighted by Gasteiger charge is -2.18. The van der Waals surface area contributed by atoms with Crippen LogP contribution in [0.5, 0.6) is 0 Å². The maximum atomic E-state index is 11.1. The molecular formula is C8H14O5. The van der Waals surface area contributed by atoms with E-state index >= 15 is 0 Å². The summed E-state index contributed by atoms with van der Waals surface area (Å²) in [7, 11) is 0. The van der Waals surface area contributed by atoms with Gasteiger partial charge in [0, 0.05) is 0 Å². The Balaban J connectivity index is 2.56. The lowest BCUT2D eigenvalue weighted by atomic mass is 9.95. The van der Waals surface area contributed by atoms with Crippen molar-refractivity contribution in [3.63, 3.8) is 0 Å². The molecule has 0 aliphatic carbocycles. The molecule has 1 fully saturated rings. The molecule has 3 N–H and O–H groups in total. The van der Waals surface area contributed by atoms with Gasteiger partial charge in [0.25, 0.3) is 0 Å². The van der Waals surface area contributed by atoms with E-state index in [-0.39, 0.29) is 6.10 Å². The molecule has 0 bridgehead atoms. The Kier molecular flexibility index (Phi) is 3.24. The number of hydrogen-bond donors (Lipinski definition) is 3. The molecule has 0 aromatic rings. The summed E-state index contributed by atoms with van der Waals surface area (Å²) >= 11 is 0. The first-order chi connectivity index (χ1) is 6.06. The number of esters is 1. The summed E-state index contributed by atoms with van der Waals surface area (Å²) < 4.78 is 4.80. The molecule has 5 nitrogen and oxygen atoms in total. The van der Waals surface area contributed by atoms with Gasteiger partial charge in [-0.2, -0.15) is 0 Å². The molecule has 5 heteroatoms. The van der Waals surface area contributed by atoms with Gasteiger partial charge in [-0.15, -0.1) is 0 Å². The van der Waals surface area contributed by atoms with Crippen LogP contribution in [0, 0.1) is 5.92 Å². The third-order valence-corrected chi connectivity index (χ3v) is 2.20. The quantitative estimate of drug-likeness (QED) is 0.479. The minimum absolute atomic E-state index is 0.224. The van der Waals surface area contributed by atoms with Crippen molar-refractivity contribution < 1.29 is 24.9 Å². The third-order valence-electron chi connectivity index (χ3n) is 2.20. The van der Waals surface area contributed by atoms with Crippen LogP contribution in [0.2, 0.25) is 0 Å². The first-order valence-electron chi connectivity index (χ1n) is 4.23. The SMILES string of the molecule is CC1CC(C(O)C(O)CO)C(=O)O1. The minimum Gasteiger partial charge on any atom is -0.462 e. The highest BCUT2D eigenvalue weighted by Gasteiger charge is 2.39. The summed E-state index contributed by atoms with van der Waals surface area (Å²) in [5.74, 6) is -1.22. The second kappa shape index (κ2) is 4.04. The van der Waals surface area contributed by atoms with Crippen molar-refractivity contribution >= 4 is 5.97 Å². The van der Waals surface area contributed by atoms with Gasteiger partial charge in [0.05, 0.1) is 24.7 Å². The monoisotopic (exact) mass is 190 g/mol. The first kappa shape index (κ1) is 10.4. The molecule has 0 amide bonds. The summed E-state index contributed by atoms with van der Waals surface area (Å²) in [6.45, 7) is 1.16. The van der Waals surface area contributed by atoms with Gasteiger partial charge in [0.1, 0.15) is 6.10 Å². The van der Waals surface area contributed by atoms with Crippen LogP contribution in [0.15, 0.2) is 0 Å². The van der Waals surface area contributed by atoms with Crippen LogP contribution in [0.25, 0.3) is 0 Å². The number of hydrogen-bond acceptors (Lipinski definition) is 5. The molecule has 0 aromatic heterocycles.